The van der Waals surface area contributed by atoms with Crippen molar-refractivity contribution in [2.45, 2.75) is 13.8 Å². The number of fused-ring (bicyclic) bond motifs is 1. The highest BCUT2D eigenvalue weighted by Gasteiger charge is 2.10. The number of nitrogens with one attached hydrogen (secondary N) is 2. The lowest BCUT2D eigenvalue weighted by Crippen LogP contribution is -2.12. The number of carbonyl (C=O) groups excluding carboxylic acids is 2. The molecule has 3 rings (SSSR count). The van der Waals surface area contributed by atoms with Gasteiger partial charge in [-0.25, -0.2) is 0 Å². The Kier molecular flexibility index (Phi) is 3.51. The third-order valence-corrected chi connectivity index (χ3v) is 3.55. The molecule has 1 amide bonds. The van der Waals surface area contributed by atoms with Gasteiger partial charge in [0.05, 0.1) is 0 Å². The van der Waals surface area contributed by atoms with E-state index in [-0.39, 0.29) is 11.7 Å². The second-order valence-electron chi connectivity index (χ2n) is 5.36. The first-order chi connectivity index (χ1) is 10.5. The molecule has 1 heterocycles. The van der Waals surface area contributed by atoms with Crippen LogP contribution in [0.2, 0.25) is 0 Å². The number of hydrogen-bond donors (Lipinski definition) is 2. The van der Waals surface area contributed by atoms with Crippen molar-refractivity contribution in [3.05, 3.63) is 65.4 Å². The highest BCUT2D eigenvalue weighted by Crippen LogP contribution is 2.18. The normalized spacial score (nSPS) is 10.6. The third-order valence-electron chi connectivity index (χ3n) is 3.55. The molecule has 0 unspecified atom stereocenters. The van der Waals surface area contributed by atoms with Crippen LogP contribution < -0.4 is 5.32 Å². The Morgan fingerprint density at radius 2 is 1.86 bits per heavy atom. The molecule has 4 nitrogen and oxygen atoms in total. The predicted molar refractivity (Wildman–Crippen MR) is 87.4 cm³/mol. The van der Waals surface area contributed by atoms with E-state index in [0.29, 0.717) is 16.9 Å². The van der Waals surface area contributed by atoms with E-state index in [2.05, 4.69) is 10.3 Å². The summed E-state index contributed by atoms with van der Waals surface area (Å²) in [5.41, 5.74) is 3.74. The fourth-order valence-electron chi connectivity index (χ4n) is 2.39. The van der Waals surface area contributed by atoms with Crippen LogP contribution in [-0.2, 0) is 0 Å². The Bertz CT molecular complexity index is 878. The van der Waals surface area contributed by atoms with E-state index in [4.69, 9.17) is 0 Å². The number of aromatic amines is 1. The zero-order chi connectivity index (χ0) is 15.7. The van der Waals surface area contributed by atoms with Crippen LogP contribution in [0.5, 0.6) is 0 Å². The molecule has 1 aromatic heterocycles. The van der Waals surface area contributed by atoms with E-state index in [1.807, 2.05) is 31.2 Å². The van der Waals surface area contributed by atoms with Gasteiger partial charge in [-0.1, -0.05) is 23.8 Å². The van der Waals surface area contributed by atoms with Crippen LogP contribution in [0.15, 0.2) is 48.5 Å². The van der Waals surface area contributed by atoms with Gasteiger partial charge in [0.25, 0.3) is 5.91 Å². The highest BCUT2D eigenvalue weighted by atomic mass is 16.2. The largest absolute Gasteiger partial charge is 0.351 e. The Morgan fingerprint density at radius 3 is 2.64 bits per heavy atom. The number of aryl methyl sites for hydroxylation is 1. The number of hydrogen-bond acceptors (Lipinski definition) is 2. The lowest BCUT2D eigenvalue weighted by Gasteiger charge is -2.05. The molecule has 110 valence electrons. The van der Waals surface area contributed by atoms with Crippen LogP contribution >= 0.6 is 0 Å². The molecule has 2 aromatic carbocycles. The summed E-state index contributed by atoms with van der Waals surface area (Å²) in [7, 11) is 0. The first-order valence-electron chi connectivity index (χ1n) is 7.04. The average Bonchev–Trinajstić information content (AvgIpc) is 2.90. The zero-order valence-electron chi connectivity index (χ0n) is 12.4. The SMILES string of the molecule is CC(=O)c1cccc(NC(=O)c2cc3cc(C)ccc3[nH]2)c1. The summed E-state index contributed by atoms with van der Waals surface area (Å²) < 4.78 is 0. The third kappa shape index (κ3) is 2.76. The van der Waals surface area contributed by atoms with Gasteiger partial charge in [-0.2, -0.15) is 0 Å². The molecule has 0 saturated heterocycles. The molecular formula is C18H16N2O2. The summed E-state index contributed by atoms with van der Waals surface area (Å²) in [4.78, 5) is 26.8. The Labute approximate surface area is 128 Å². The fourth-order valence-corrected chi connectivity index (χ4v) is 2.39. The number of amides is 1. The van der Waals surface area contributed by atoms with Gasteiger partial charge in [-0.05, 0) is 44.2 Å². The predicted octanol–water partition coefficient (Wildman–Crippen LogP) is 3.93. The summed E-state index contributed by atoms with van der Waals surface area (Å²) in [6.45, 7) is 3.51. The standard InChI is InChI=1S/C18H16N2O2/c1-11-6-7-16-14(8-11)10-17(20-16)18(22)19-15-5-3-4-13(9-15)12(2)21/h3-10,20H,1-2H3,(H,19,22). The second kappa shape index (κ2) is 5.48. The van der Waals surface area contributed by atoms with E-state index >= 15 is 0 Å². The van der Waals surface area contributed by atoms with Gasteiger partial charge in [0, 0.05) is 22.2 Å². The number of benzene rings is 2. The van der Waals surface area contributed by atoms with Gasteiger partial charge in [0.2, 0.25) is 0 Å². The molecule has 0 fully saturated rings. The Hall–Kier alpha value is -2.88. The zero-order valence-corrected chi connectivity index (χ0v) is 12.4. The minimum absolute atomic E-state index is 0.0304. The number of carbonyl (C=O) groups is 2. The van der Waals surface area contributed by atoms with Crippen LogP contribution in [0.1, 0.15) is 33.3 Å². The second-order valence-corrected chi connectivity index (χ2v) is 5.36. The first-order valence-corrected chi connectivity index (χ1v) is 7.04. The minimum Gasteiger partial charge on any atom is -0.351 e. The molecule has 0 bridgehead atoms. The van der Waals surface area contributed by atoms with Crippen molar-refractivity contribution in [3.63, 3.8) is 0 Å². The maximum atomic E-state index is 12.3. The van der Waals surface area contributed by atoms with Crippen LogP contribution in [0.3, 0.4) is 0 Å². The highest BCUT2D eigenvalue weighted by molar-refractivity contribution is 6.06. The van der Waals surface area contributed by atoms with Gasteiger partial charge in [-0.15, -0.1) is 0 Å². The monoisotopic (exact) mass is 292 g/mol. The molecule has 0 aliphatic heterocycles. The summed E-state index contributed by atoms with van der Waals surface area (Å²) in [5, 5.41) is 3.81. The van der Waals surface area contributed by atoms with Crippen molar-refractivity contribution in [2.75, 3.05) is 5.32 Å². The molecule has 4 heteroatoms. The molecule has 0 aliphatic rings. The van der Waals surface area contributed by atoms with Gasteiger partial charge in [-0.3, -0.25) is 9.59 Å². The number of H-pyrrole nitrogens is 1. The molecule has 0 spiro atoms. The summed E-state index contributed by atoms with van der Waals surface area (Å²) in [6, 6.07) is 14.7. The maximum Gasteiger partial charge on any atom is 0.272 e. The van der Waals surface area contributed by atoms with Crippen LogP contribution in [-0.4, -0.2) is 16.7 Å². The topological polar surface area (TPSA) is 62.0 Å². The van der Waals surface area contributed by atoms with Crippen molar-refractivity contribution < 1.29 is 9.59 Å². The van der Waals surface area contributed by atoms with Crippen molar-refractivity contribution in [1.29, 1.82) is 0 Å². The number of ketones is 1. The lowest BCUT2D eigenvalue weighted by molar-refractivity contribution is 0.100. The van der Waals surface area contributed by atoms with Crippen LogP contribution in [0.25, 0.3) is 10.9 Å². The van der Waals surface area contributed by atoms with Crippen molar-refractivity contribution in [2.24, 2.45) is 0 Å². The fraction of sp³-hybridized carbons (Fsp3) is 0.111. The number of anilines is 1. The lowest BCUT2D eigenvalue weighted by atomic mass is 10.1. The van der Waals surface area contributed by atoms with Crippen molar-refractivity contribution in [1.82, 2.24) is 4.98 Å². The number of Topliss-reactive ketones (excluding diaryl/α,β-unsaturated/α-hetero) is 1. The summed E-state index contributed by atoms with van der Waals surface area (Å²) in [6.07, 6.45) is 0. The maximum absolute atomic E-state index is 12.3. The molecule has 2 N–H and O–H groups in total. The van der Waals surface area contributed by atoms with Gasteiger partial charge < -0.3 is 10.3 Å². The molecule has 0 atom stereocenters. The summed E-state index contributed by atoms with van der Waals surface area (Å²) >= 11 is 0. The van der Waals surface area contributed by atoms with E-state index in [9.17, 15) is 9.59 Å². The van der Waals surface area contributed by atoms with E-state index in [1.54, 1.807) is 24.3 Å². The minimum atomic E-state index is -0.227. The summed E-state index contributed by atoms with van der Waals surface area (Å²) in [5.74, 6) is -0.258. The Balaban J connectivity index is 1.86. The quantitative estimate of drug-likeness (QED) is 0.718. The van der Waals surface area contributed by atoms with E-state index in [0.717, 1.165) is 16.5 Å². The number of rotatable bonds is 3. The molecule has 22 heavy (non-hydrogen) atoms. The van der Waals surface area contributed by atoms with E-state index in [1.165, 1.54) is 6.92 Å². The average molecular weight is 292 g/mol. The molecular weight excluding hydrogens is 276 g/mol. The van der Waals surface area contributed by atoms with Crippen molar-refractivity contribution >= 4 is 28.3 Å². The van der Waals surface area contributed by atoms with Gasteiger partial charge >= 0.3 is 0 Å². The molecule has 3 aromatic rings. The van der Waals surface area contributed by atoms with Crippen molar-refractivity contribution in [3.8, 4) is 0 Å². The molecule has 0 radical (unpaired) electrons. The first kappa shape index (κ1) is 14.1. The number of aromatic nitrogens is 1. The van der Waals surface area contributed by atoms with E-state index < -0.39 is 0 Å². The van der Waals surface area contributed by atoms with Gasteiger partial charge in [0.15, 0.2) is 5.78 Å². The van der Waals surface area contributed by atoms with Crippen LogP contribution in [0, 0.1) is 6.92 Å². The Morgan fingerprint density at radius 1 is 1.05 bits per heavy atom. The molecule has 0 saturated carbocycles. The van der Waals surface area contributed by atoms with Crippen LogP contribution in [0.4, 0.5) is 5.69 Å². The van der Waals surface area contributed by atoms with Gasteiger partial charge in [0.1, 0.15) is 5.69 Å². The smallest absolute Gasteiger partial charge is 0.272 e. The molecule has 0 aliphatic carbocycles.